The van der Waals surface area contributed by atoms with E-state index in [1.54, 1.807) is 25.4 Å². The largest absolute Gasteiger partial charge is 0.496 e. The predicted octanol–water partition coefficient (Wildman–Crippen LogP) is 3.14. The van der Waals surface area contributed by atoms with Crippen molar-refractivity contribution in [2.75, 3.05) is 36.9 Å². The van der Waals surface area contributed by atoms with E-state index in [0.29, 0.717) is 36.2 Å². The SMILES string of the molecule is COc1cc(N(CCCl)CCCl)ccc1C=NNC(=O)c1cccnc1. The van der Waals surface area contributed by atoms with Crippen LogP contribution in [0.4, 0.5) is 5.69 Å². The zero-order valence-electron chi connectivity index (χ0n) is 14.4. The lowest BCUT2D eigenvalue weighted by molar-refractivity contribution is 0.0954. The van der Waals surface area contributed by atoms with Gasteiger partial charge in [0.2, 0.25) is 0 Å². The van der Waals surface area contributed by atoms with Crippen LogP contribution in [0.15, 0.2) is 47.8 Å². The molecule has 0 saturated heterocycles. The third-order valence-electron chi connectivity index (χ3n) is 3.58. The lowest BCUT2D eigenvalue weighted by atomic mass is 10.2. The number of amides is 1. The number of pyridine rings is 1. The van der Waals surface area contributed by atoms with Crippen LogP contribution in [0.3, 0.4) is 0 Å². The minimum absolute atomic E-state index is 0.333. The van der Waals surface area contributed by atoms with Gasteiger partial charge in [0.1, 0.15) is 5.75 Å². The van der Waals surface area contributed by atoms with E-state index < -0.39 is 0 Å². The van der Waals surface area contributed by atoms with E-state index >= 15 is 0 Å². The molecule has 1 amide bonds. The molecule has 0 aliphatic rings. The highest BCUT2D eigenvalue weighted by atomic mass is 35.5. The summed E-state index contributed by atoms with van der Waals surface area (Å²) in [4.78, 5) is 17.9. The summed E-state index contributed by atoms with van der Waals surface area (Å²) in [5, 5.41) is 3.99. The van der Waals surface area contributed by atoms with Crippen LogP contribution < -0.4 is 15.1 Å². The van der Waals surface area contributed by atoms with E-state index in [0.717, 1.165) is 11.3 Å². The molecule has 1 aromatic heterocycles. The molecule has 2 aromatic rings. The average Bonchev–Trinajstić information content (AvgIpc) is 2.68. The summed E-state index contributed by atoms with van der Waals surface area (Å²) in [5.74, 6) is 1.31. The molecular formula is C18H20Cl2N4O2. The molecular weight excluding hydrogens is 375 g/mol. The van der Waals surface area contributed by atoms with E-state index in [1.807, 2.05) is 18.2 Å². The number of alkyl halides is 2. The molecule has 0 aliphatic carbocycles. The van der Waals surface area contributed by atoms with E-state index in [4.69, 9.17) is 27.9 Å². The molecule has 1 heterocycles. The molecule has 26 heavy (non-hydrogen) atoms. The van der Waals surface area contributed by atoms with Crippen molar-refractivity contribution < 1.29 is 9.53 Å². The van der Waals surface area contributed by atoms with Crippen molar-refractivity contribution in [1.82, 2.24) is 10.4 Å². The Morgan fingerprint density at radius 1 is 1.31 bits per heavy atom. The summed E-state index contributed by atoms with van der Waals surface area (Å²) in [6.07, 6.45) is 4.61. The first kappa shape index (κ1) is 20.0. The van der Waals surface area contributed by atoms with Gasteiger partial charge in [-0.2, -0.15) is 5.10 Å². The van der Waals surface area contributed by atoms with E-state index in [9.17, 15) is 4.79 Å². The Hall–Kier alpha value is -2.31. The first-order chi connectivity index (χ1) is 12.7. The van der Waals surface area contributed by atoms with Crippen molar-refractivity contribution >= 4 is 41.0 Å². The third kappa shape index (κ3) is 5.61. The number of hydrogen-bond donors (Lipinski definition) is 1. The fourth-order valence-electron chi connectivity index (χ4n) is 2.30. The van der Waals surface area contributed by atoms with Gasteiger partial charge in [-0.1, -0.05) is 0 Å². The molecule has 2 rings (SSSR count). The van der Waals surface area contributed by atoms with Gasteiger partial charge in [-0.25, -0.2) is 5.43 Å². The maximum atomic E-state index is 11.9. The van der Waals surface area contributed by atoms with Crippen LogP contribution in [-0.2, 0) is 0 Å². The monoisotopic (exact) mass is 394 g/mol. The number of ether oxygens (including phenoxy) is 1. The first-order valence-corrected chi connectivity index (χ1v) is 9.05. The van der Waals surface area contributed by atoms with E-state index in [2.05, 4.69) is 20.4 Å². The normalized spacial score (nSPS) is 10.7. The van der Waals surface area contributed by atoms with Crippen molar-refractivity contribution in [2.45, 2.75) is 0 Å². The molecule has 0 unspecified atom stereocenters. The molecule has 138 valence electrons. The molecule has 0 bridgehead atoms. The Balaban J connectivity index is 2.10. The van der Waals surface area contributed by atoms with Gasteiger partial charge in [0, 0.05) is 54.6 Å². The second kappa shape index (κ2) is 10.6. The van der Waals surface area contributed by atoms with E-state index in [-0.39, 0.29) is 5.91 Å². The number of nitrogens with one attached hydrogen (secondary N) is 1. The molecule has 0 radical (unpaired) electrons. The molecule has 0 spiro atoms. The minimum atomic E-state index is -0.333. The summed E-state index contributed by atoms with van der Waals surface area (Å²) >= 11 is 11.7. The Morgan fingerprint density at radius 2 is 2.08 bits per heavy atom. The number of aromatic nitrogens is 1. The highest BCUT2D eigenvalue weighted by Gasteiger charge is 2.09. The fraction of sp³-hybridized carbons (Fsp3) is 0.278. The maximum Gasteiger partial charge on any atom is 0.272 e. The first-order valence-electron chi connectivity index (χ1n) is 7.98. The summed E-state index contributed by atoms with van der Waals surface area (Å²) in [6, 6.07) is 9.04. The number of halogens is 2. The van der Waals surface area contributed by atoms with Gasteiger partial charge in [0.15, 0.2) is 0 Å². The van der Waals surface area contributed by atoms with Crippen LogP contribution in [-0.4, -0.2) is 49.1 Å². The van der Waals surface area contributed by atoms with Crippen molar-refractivity contribution in [3.63, 3.8) is 0 Å². The lowest BCUT2D eigenvalue weighted by Gasteiger charge is -2.23. The number of anilines is 1. The van der Waals surface area contributed by atoms with Gasteiger partial charge >= 0.3 is 0 Å². The van der Waals surface area contributed by atoms with Gasteiger partial charge in [-0.3, -0.25) is 9.78 Å². The van der Waals surface area contributed by atoms with Crippen LogP contribution in [0.1, 0.15) is 15.9 Å². The van der Waals surface area contributed by atoms with Gasteiger partial charge in [0.25, 0.3) is 5.91 Å². The predicted molar refractivity (Wildman–Crippen MR) is 106 cm³/mol. The summed E-state index contributed by atoms with van der Waals surface area (Å²) in [7, 11) is 1.58. The third-order valence-corrected chi connectivity index (χ3v) is 3.92. The van der Waals surface area contributed by atoms with Crippen molar-refractivity contribution in [3.05, 3.63) is 53.9 Å². The number of rotatable bonds is 9. The van der Waals surface area contributed by atoms with Gasteiger partial charge in [0.05, 0.1) is 18.9 Å². The summed E-state index contributed by atoms with van der Waals surface area (Å²) in [6.45, 7) is 1.37. The second-order valence-electron chi connectivity index (χ2n) is 5.23. The number of hydrazone groups is 1. The molecule has 1 N–H and O–H groups in total. The summed E-state index contributed by atoms with van der Waals surface area (Å²) < 4.78 is 5.43. The maximum absolute atomic E-state index is 11.9. The second-order valence-corrected chi connectivity index (χ2v) is 5.99. The van der Waals surface area contributed by atoms with Crippen LogP contribution in [0.25, 0.3) is 0 Å². The smallest absolute Gasteiger partial charge is 0.272 e. The van der Waals surface area contributed by atoms with Gasteiger partial charge < -0.3 is 9.64 Å². The van der Waals surface area contributed by atoms with Gasteiger partial charge in [-0.15, -0.1) is 23.2 Å². The van der Waals surface area contributed by atoms with E-state index in [1.165, 1.54) is 12.4 Å². The van der Waals surface area contributed by atoms with Crippen LogP contribution in [0, 0.1) is 0 Å². The fourth-order valence-corrected chi connectivity index (χ4v) is 2.71. The number of nitrogens with zero attached hydrogens (tertiary/aromatic N) is 3. The van der Waals surface area contributed by atoms with Gasteiger partial charge in [-0.05, 0) is 24.3 Å². The number of benzene rings is 1. The Bertz CT molecular complexity index is 735. The van der Waals surface area contributed by atoms with Crippen LogP contribution in [0.5, 0.6) is 5.75 Å². The standard InChI is InChI=1S/C18H20Cl2N4O2/c1-26-17-11-16(24(9-6-19)10-7-20)5-4-14(17)13-22-23-18(25)15-3-2-8-21-12-15/h2-5,8,11-13H,6-7,9-10H2,1H3,(H,23,25). The quantitative estimate of drug-likeness (QED) is 0.403. The number of methoxy groups -OCH3 is 1. The van der Waals surface area contributed by atoms with Crippen LogP contribution >= 0.6 is 23.2 Å². The zero-order valence-corrected chi connectivity index (χ0v) is 15.9. The zero-order chi connectivity index (χ0) is 18.8. The van der Waals surface area contributed by atoms with Crippen molar-refractivity contribution in [3.8, 4) is 5.75 Å². The average molecular weight is 395 g/mol. The molecule has 0 saturated carbocycles. The van der Waals surface area contributed by atoms with Crippen LogP contribution in [0.2, 0.25) is 0 Å². The molecule has 0 atom stereocenters. The molecule has 8 heteroatoms. The highest BCUT2D eigenvalue weighted by molar-refractivity contribution is 6.18. The Kier molecular flexibility index (Phi) is 8.18. The molecule has 6 nitrogen and oxygen atoms in total. The minimum Gasteiger partial charge on any atom is -0.496 e. The topological polar surface area (TPSA) is 66.8 Å². The van der Waals surface area contributed by atoms with Crippen molar-refractivity contribution in [1.29, 1.82) is 0 Å². The molecule has 0 aliphatic heterocycles. The van der Waals surface area contributed by atoms with Crippen molar-refractivity contribution in [2.24, 2.45) is 5.10 Å². The summed E-state index contributed by atoms with van der Waals surface area (Å²) in [5.41, 5.74) is 4.59. The molecule has 1 aromatic carbocycles. The molecule has 0 fully saturated rings. The number of carbonyl (C=O) groups excluding carboxylic acids is 1. The Labute approximate surface area is 162 Å². The lowest BCUT2D eigenvalue weighted by Crippen LogP contribution is -2.27. The Morgan fingerprint density at radius 3 is 2.69 bits per heavy atom. The number of hydrogen-bond acceptors (Lipinski definition) is 5. The number of carbonyl (C=O) groups is 1. The highest BCUT2D eigenvalue weighted by Crippen LogP contribution is 2.24.